The summed E-state index contributed by atoms with van der Waals surface area (Å²) in [4.78, 5) is 15.1. The average molecular weight is 300 g/mol. The normalized spacial score (nSPS) is 24.0. The molecule has 2 aliphatic rings. The molecule has 3 nitrogen and oxygen atoms in total. The van der Waals surface area contributed by atoms with Crippen molar-refractivity contribution in [2.45, 2.75) is 57.4 Å². The molecule has 0 aromatic heterocycles. The van der Waals surface area contributed by atoms with Crippen molar-refractivity contribution < 1.29 is 4.79 Å². The van der Waals surface area contributed by atoms with Gasteiger partial charge in [-0.25, -0.2) is 0 Å². The second-order valence-corrected chi connectivity index (χ2v) is 7.46. The number of piperidine rings is 1. The van der Waals surface area contributed by atoms with Gasteiger partial charge in [0.05, 0.1) is 0 Å². The molecule has 3 rings (SSSR count). The Morgan fingerprint density at radius 1 is 1.09 bits per heavy atom. The molecule has 0 bridgehead atoms. The summed E-state index contributed by atoms with van der Waals surface area (Å²) in [5.41, 5.74) is 6.80. The summed E-state index contributed by atoms with van der Waals surface area (Å²) in [5, 5.41) is 0. The van der Waals surface area contributed by atoms with Crippen LogP contribution in [0.3, 0.4) is 0 Å². The van der Waals surface area contributed by atoms with Gasteiger partial charge in [-0.3, -0.25) is 4.79 Å². The first-order valence-corrected chi connectivity index (χ1v) is 8.67. The average Bonchev–Trinajstić information content (AvgIpc) is 2.55. The summed E-state index contributed by atoms with van der Waals surface area (Å²) < 4.78 is 0. The maximum absolute atomic E-state index is 13.0. The van der Waals surface area contributed by atoms with Crippen molar-refractivity contribution in [3.8, 4) is 0 Å². The number of nitrogens with two attached hydrogens (primary N) is 1. The number of carbonyl (C=O) groups excluding carboxylic acids is 1. The van der Waals surface area contributed by atoms with Crippen molar-refractivity contribution in [2.24, 2.45) is 11.1 Å². The Morgan fingerprint density at radius 3 is 2.41 bits per heavy atom. The fraction of sp³-hybridized carbons (Fsp3) is 0.632. The second kappa shape index (κ2) is 6.04. The Morgan fingerprint density at radius 2 is 1.73 bits per heavy atom. The van der Waals surface area contributed by atoms with Crippen LogP contribution in [-0.4, -0.2) is 23.9 Å². The first kappa shape index (κ1) is 15.5. The van der Waals surface area contributed by atoms with Gasteiger partial charge in [-0.05, 0) is 43.6 Å². The number of hydrogen-bond acceptors (Lipinski definition) is 2. The Balaban J connectivity index is 1.76. The van der Waals surface area contributed by atoms with Gasteiger partial charge in [0.1, 0.15) is 5.54 Å². The molecule has 120 valence electrons. The summed E-state index contributed by atoms with van der Waals surface area (Å²) in [7, 11) is 0. The predicted octanol–water partition coefficient (Wildman–Crippen LogP) is 3.43. The van der Waals surface area contributed by atoms with Crippen LogP contribution in [0.25, 0.3) is 0 Å². The molecule has 1 atom stereocenters. The predicted molar refractivity (Wildman–Crippen MR) is 89.3 cm³/mol. The van der Waals surface area contributed by atoms with Crippen LogP contribution in [0.5, 0.6) is 0 Å². The third-order valence-corrected chi connectivity index (χ3v) is 5.68. The molecule has 1 aliphatic heterocycles. The number of hydrogen-bond donors (Lipinski definition) is 1. The molecule has 1 aromatic carbocycles. The molecule has 3 heteroatoms. The molecule has 1 unspecified atom stereocenters. The number of likely N-dealkylation sites (tertiary alicyclic amines) is 1. The highest BCUT2D eigenvalue weighted by molar-refractivity contribution is 5.87. The molecule has 1 saturated heterocycles. The fourth-order valence-corrected chi connectivity index (χ4v) is 4.33. The van der Waals surface area contributed by atoms with Gasteiger partial charge in [-0.1, -0.05) is 49.6 Å². The zero-order valence-electron chi connectivity index (χ0n) is 13.7. The van der Waals surface area contributed by atoms with E-state index in [2.05, 4.69) is 0 Å². The third kappa shape index (κ3) is 2.91. The van der Waals surface area contributed by atoms with Gasteiger partial charge in [0.2, 0.25) is 5.91 Å². The van der Waals surface area contributed by atoms with Gasteiger partial charge in [-0.15, -0.1) is 0 Å². The van der Waals surface area contributed by atoms with E-state index >= 15 is 0 Å². The Labute approximate surface area is 133 Å². The summed E-state index contributed by atoms with van der Waals surface area (Å²) in [6, 6.07) is 9.78. The van der Waals surface area contributed by atoms with E-state index in [1.165, 1.54) is 38.5 Å². The van der Waals surface area contributed by atoms with Gasteiger partial charge in [0.15, 0.2) is 0 Å². The lowest BCUT2D eigenvalue weighted by molar-refractivity contribution is -0.141. The zero-order valence-corrected chi connectivity index (χ0v) is 13.7. The largest absolute Gasteiger partial charge is 0.340 e. The van der Waals surface area contributed by atoms with Gasteiger partial charge < -0.3 is 10.6 Å². The van der Waals surface area contributed by atoms with Crippen molar-refractivity contribution in [2.75, 3.05) is 13.1 Å². The van der Waals surface area contributed by atoms with E-state index in [1.807, 2.05) is 42.2 Å². The molecule has 1 saturated carbocycles. The van der Waals surface area contributed by atoms with Crippen LogP contribution in [0.4, 0.5) is 0 Å². The third-order valence-electron chi connectivity index (χ3n) is 5.68. The maximum Gasteiger partial charge on any atom is 0.246 e. The lowest BCUT2D eigenvalue weighted by Gasteiger charge is -2.47. The standard InChI is InChI=1S/C19H28N2O/c1-18(20,16-9-4-2-5-10-16)17(22)21-14-8-13-19(15-21)11-6-3-7-12-19/h2,4-5,9-10H,3,6-8,11-15,20H2,1H3. The first-order valence-electron chi connectivity index (χ1n) is 8.67. The number of amides is 1. The van der Waals surface area contributed by atoms with E-state index in [0.29, 0.717) is 5.41 Å². The Bertz CT molecular complexity index is 512. The van der Waals surface area contributed by atoms with Crippen molar-refractivity contribution in [1.29, 1.82) is 0 Å². The van der Waals surface area contributed by atoms with E-state index in [1.54, 1.807) is 0 Å². The lowest BCUT2D eigenvalue weighted by Crippen LogP contribution is -2.55. The minimum Gasteiger partial charge on any atom is -0.340 e. The molecule has 0 radical (unpaired) electrons. The van der Waals surface area contributed by atoms with E-state index in [4.69, 9.17) is 5.73 Å². The number of nitrogens with zero attached hydrogens (tertiary/aromatic N) is 1. The van der Waals surface area contributed by atoms with E-state index in [-0.39, 0.29) is 5.91 Å². The van der Waals surface area contributed by atoms with Crippen LogP contribution in [0, 0.1) is 5.41 Å². The summed E-state index contributed by atoms with van der Waals surface area (Å²) in [5.74, 6) is 0.0864. The molecule has 22 heavy (non-hydrogen) atoms. The summed E-state index contributed by atoms with van der Waals surface area (Å²) in [6.45, 7) is 3.62. The molecular weight excluding hydrogens is 272 g/mol. The fourth-order valence-electron chi connectivity index (χ4n) is 4.33. The van der Waals surface area contributed by atoms with Crippen LogP contribution in [0.15, 0.2) is 30.3 Å². The quantitative estimate of drug-likeness (QED) is 0.909. The van der Waals surface area contributed by atoms with Crippen LogP contribution in [0.2, 0.25) is 0 Å². The second-order valence-electron chi connectivity index (χ2n) is 7.46. The number of benzene rings is 1. The zero-order chi connectivity index (χ0) is 15.6. The van der Waals surface area contributed by atoms with Gasteiger partial charge >= 0.3 is 0 Å². The molecule has 2 fully saturated rings. The van der Waals surface area contributed by atoms with Crippen LogP contribution in [-0.2, 0) is 10.3 Å². The van der Waals surface area contributed by atoms with Crippen molar-refractivity contribution in [3.05, 3.63) is 35.9 Å². The summed E-state index contributed by atoms with van der Waals surface area (Å²) in [6.07, 6.45) is 8.96. The van der Waals surface area contributed by atoms with Crippen molar-refractivity contribution >= 4 is 5.91 Å². The molecule has 1 spiro atoms. The minimum absolute atomic E-state index is 0.0864. The minimum atomic E-state index is -0.922. The first-order chi connectivity index (χ1) is 10.5. The molecule has 1 aromatic rings. The highest BCUT2D eigenvalue weighted by Gasteiger charge is 2.42. The Kier molecular flexibility index (Phi) is 4.26. The van der Waals surface area contributed by atoms with Gasteiger partial charge in [-0.2, -0.15) is 0 Å². The van der Waals surface area contributed by atoms with Gasteiger partial charge in [0.25, 0.3) is 0 Å². The van der Waals surface area contributed by atoms with Crippen LogP contribution >= 0.6 is 0 Å². The molecule has 2 N–H and O–H groups in total. The molecular formula is C19H28N2O. The topological polar surface area (TPSA) is 46.3 Å². The van der Waals surface area contributed by atoms with E-state index in [9.17, 15) is 4.79 Å². The smallest absolute Gasteiger partial charge is 0.246 e. The summed E-state index contributed by atoms with van der Waals surface area (Å²) >= 11 is 0. The maximum atomic E-state index is 13.0. The monoisotopic (exact) mass is 300 g/mol. The van der Waals surface area contributed by atoms with Crippen LogP contribution < -0.4 is 5.73 Å². The van der Waals surface area contributed by atoms with E-state index in [0.717, 1.165) is 25.1 Å². The van der Waals surface area contributed by atoms with Crippen molar-refractivity contribution in [3.63, 3.8) is 0 Å². The SMILES string of the molecule is CC(N)(C(=O)N1CCCC2(CCCCC2)C1)c1ccccc1. The number of rotatable bonds is 2. The molecule has 1 amide bonds. The van der Waals surface area contributed by atoms with Gasteiger partial charge in [0, 0.05) is 13.1 Å². The lowest BCUT2D eigenvalue weighted by atomic mass is 9.69. The molecule has 1 aliphatic carbocycles. The van der Waals surface area contributed by atoms with Crippen LogP contribution in [0.1, 0.15) is 57.4 Å². The number of carbonyl (C=O) groups is 1. The van der Waals surface area contributed by atoms with Crippen molar-refractivity contribution in [1.82, 2.24) is 4.90 Å². The molecule has 1 heterocycles. The Hall–Kier alpha value is -1.35. The highest BCUT2D eigenvalue weighted by atomic mass is 16.2. The highest BCUT2D eigenvalue weighted by Crippen LogP contribution is 2.43. The van der Waals surface area contributed by atoms with E-state index < -0.39 is 5.54 Å².